The lowest BCUT2D eigenvalue weighted by Crippen LogP contribution is -2.44. The van der Waals surface area contributed by atoms with E-state index in [0.29, 0.717) is 12.4 Å². The van der Waals surface area contributed by atoms with Gasteiger partial charge in [-0.25, -0.2) is 4.68 Å². The molecule has 1 N–H and O–H groups in total. The molecule has 2 aromatic rings. The van der Waals surface area contributed by atoms with Gasteiger partial charge in [0.2, 0.25) is 11.8 Å². The van der Waals surface area contributed by atoms with Crippen LogP contribution in [-0.2, 0) is 15.0 Å². The second-order valence-electron chi connectivity index (χ2n) is 9.44. The molecule has 0 atom stereocenters. The number of nitrogens with zero attached hydrogens (tertiary/aromatic N) is 3. The van der Waals surface area contributed by atoms with Gasteiger partial charge in [-0.15, -0.1) is 0 Å². The van der Waals surface area contributed by atoms with Crippen molar-refractivity contribution in [1.29, 1.82) is 0 Å². The number of para-hydroxylation sites is 1. The highest BCUT2D eigenvalue weighted by Gasteiger charge is 2.28. The van der Waals surface area contributed by atoms with E-state index >= 15 is 0 Å². The Labute approximate surface area is 174 Å². The van der Waals surface area contributed by atoms with Crippen LogP contribution in [0.1, 0.15) is 60.6 Å². The lowest BCUT2D eigenvalue weighted by atomic mass is 9.92. The first-order valence-electron chi connectivity index (χ1n) is 10.2. The van der Waals surface area contributed by atoms with Crippen LogP contribution in [-0.4, -0.2) is 39.6 Å². The molecule has 6 heteroatoms. The van der Waals surface area contributed by atoms with Crippen molar-refractivity contribution in [2.24, 2.45) is 5.41 Å². The van der Waals surface area contributed by atoms with Crippen LogP contribution in [0.3, 0.4) is 0 Å². The molecule has 0 aliphatic carbocycles. The fraction of sp³-hybridized carbons (Fsp3) is 0.522. The molecule has 2 rings (SSSR count). The zero-order valence-corrected chi connectivity index (χ0v) is 18.7. The predicted octanol–water partition coefficient (Wildman–Crippen LogP) is 4.39. The van der Waals surface area contributed by atoms with E-state index in [1.165, 1.54) is 0 Å². The smallest absolute Gasteiger partial charge is 0.245 e. The highest BCUT2D eigenvalue weighted by molar-refractivity contribution is 5.95. The Balaban J connectivity index is 2.29. The third-order valence-corrected chi connectivity index (χ3v) is 4.50. The normalized spacial score (nSPS) is 12.0. The van der Waals surface area contributed by atoms with Gasteiger partial charge in [0, 0.05) is 23.4 Å². The summed E-state index contributed by atoms with van der Waals surface area (Å²) in [6.07, 6.45) is 0.797. The van der Waals surface area contributed by atoms with Crippen molar-refractivity contribution in [2.45, 2.75) is 60.3 Å². The third-order valence-electron chi connectivity index (χ3n) is 4.50. The van der Waals surface area contributed by atoms with Gasteiger partial charge in [0.25, 0.3) is 0 Å². The minimum atomic E-state index is -0.527. The van der Waals surface area contributed by atoms with Crippen LogP contribution >= 0.6 is 0 Å². The van der Waals surface area contributed by atoms with Crippen molar-refractivity contribution in [3.05, 3.63) is 42.1 Å². The fourth-order valence-electron chi connectivity index (χ4n) is 2.96. The number of amides is 2. The Morgan fingerprint density at radius 3 is 2.21 bits per heavy atom. The van der Waals surface area contributed by atoms with Crippen LogP contribution in [0, 0.1) is 5.41 Å². The second-order valence-corrected chi connectivity index (χ2v) is 9.44. The first kappa shape index (κ1) is 22.7. The van der Waals surface area contributed by atoms with E-state index in [4.69, 9.17) is 5.10 Å². The largest absolute Gasteiger partial charge is 0.333 e. The molecule has 0 spiro atoms. The summed E-state index contributed by atoms with van der Waals surface area (Å²) in [4.78, 5) is 27.1. The molecule has 0 saturated carbocycles. The van der Waals surface area contributed by atoms with E-state index in [1.807, 2.05) is 64.1 Å². The van der Waals surface area contributed by atoms with Crippen molar-refractivity contribution in [3.63, 3.8) is 0 Å². The van der Waals surface area contributed by atoms with Crippen LogP contribution in [0.5, 0.6) is 0 Å². The number of carbonyl (C=O) groups excluding carboxylic acids is 2. The molecule has 1 aromatic carbocycles. The number of hydrogen-bond donors (Lipinski definition) is 1. The molecule has 1 heterocycles. The first-order chi connectivity index (χ1) is 13.4. The molecule has 0 fully saturated rings. The van der Waals surface area contributed by atoms with Crippen molar-refractivity contribution in [3.8, 4) is 5.69 Å². The summed E-state index contributed by atoms with van der Waals surface area (Å²) in [5, 5.41) is 7.68. The van der Waals surface area contributed by atoms with Gasteiger partial charge >= 0.3 is 0 Å². The van der Waals surface area contributed by atoms with E-state index in [9.17, 15) is 9.59 Å². The molecule has 0 aliphatic rings. The standard InChI is InChI=1S/C23H34N4O2/c1-8-14-26(21(29)23(5,6)7)16-20(28)24-19-15-18(22(2,3)4)25-27(19)17-12-10-9-11-13-17/h9-13,15H,8,14,16H2,1-7H3,(H,24,28). The van der Waals surface area contributed by atoms with Gasteiger partial charge in [0.15, 0.2) is 0 Å². The number of rotatable bonds is 6. The molecule has 0 bridgehead atoms. The van der Waals surface area contributed by atoms with Crippen molar-refractivity contribution < 1.29 is 9.59 Å². The molecule has 0 aliphatic heterocycles. The molecule has 6 nitrogen and oxygen atoms in total. The van der Waals surface area contributed by atoms with Crippen molar-refractivity contribution >= 4 is 17.6 Å². The molecule has 0 saturated heterocycles. The fourth-order valence-corrected chi connectivity index (χ4v) is 2.96. The number of benzene rings is 1. The average Bonchev–Trinajstić information content (AvgIpc) is 3.04. The Hall–Kier alpha value is -2.63. The summed E-state index contributed by atoms with van der Waals surface area (Å²) in [5.74, 6) is 0.348. The molecule has 158 valence electrons. The topological polar surface area (TPSA) is 67.2 Å². The van der Waals surface area contributed by atoms with Crippen LogP contribution in [0.15, 0.2) is 36.4 Å². The number of carbonyl (C=O) groups is 2. The van der Waals surface area contributed by atoms with E-state index in [0.717, 1.165) is 17.8 Å². The van der Waals surface area contributed by atoms with E-state index in [2.05, 4.69) is 26.1 Å². The number of aromatic nitrogens is 2. The molecule has 29 heavy (non-hydrogen) atoms. The first-order valence-corrected chi connectivity index (χ1v) is 10.2. The average molecular weight is 399 g/mol. The van der Waals surface area contributed by atoms with Crippen LogP contribution < -0.4 is 5.32 Å². The number of hydrogen-bond acceptors (Lipinski definition) is 3. The lowest BCUT2D eigenvalue weighted by molar-refractivity contribution is -0.141. The highest BCUT2D eigenvalue weighted by atomic mass is 16.2. The van der Waals surface area contributed by atoms with Gasteiger partial charge in [-0.1, -0.05) is 66.7 Å². The lowest BCUT2D eigenvalue weighted by Gasteiger charge is -2.28. The number of anilines is 1. The monoisotopic (exact) mass is 398 g/mol. The molecular weight excluding hydrogens is 364 g/mol. The van der Waals surface area contributed by atoms with Gasteiger partial charge in [-0.3, -0.25) is 9.59 Å². The highest BCUT2D eigenvalue weighted by Crippen LogP contribution is 2.26. The molecule has 0 unspecified atom stereocenters. The van der Waals surface area contributed by atoms with Crippen molar-refractivity contribution in [2.75, 3.05) is 18.4 Å². The van der Waals surface area contributed by atoms with E-state index in [1.54, 1.807) is 9.58 Å². The summed E-state index contributed by atoms with van der Waals surface area (Å²) in [7, 11) is 0. The minimum Gasteiger partial charge on any atom is -0.333 e. The van der Waals surface area contributed by atoms with Crippen molar-refractivity contribution in [1.82, 2.24) is 14.7 Å². The minimum absolute atomic E-state index is 0.0226. The van der Waals surface area contributed by atoms with Gasteiger partial charge in [-0.05, 0) is 18.6 Å². The predicted molar refractivity (Wildman–Crippen MR) is 117 cm³/mol. The molecule has 1 aromatic heterocycles. The Morgan fingerprint density at radius 2 is 1.69 bits per heavy atom. The maximum absolute atomic E-state index is 12.8. The second kappa shape index (κ2) is 8.80. The van der Waals surface area contributed by atoms with Crippen LogP contribution in [0.2, 0.25) is 0 Å². The number of nitrogens with one attached hydrogen (secondary N) is 1. The maximum Gasteiger partial charge on any atom is 0.245 e. The molecule has 0 radical (unpaired) electrons. The third kappa shape index (κ3) is 5.92. The summed E-state index contributed by atoms with van der Waals surface area (Å²) in [5.41, 5.74) is 1.07. The summed E-state index contributed by atoms with van der Waals surface area (Å²) < 4.78 is 1.74. The van der Waals surface area contributed by atoms with Gasteiger partial charge in [-0.2, -0.15) is 5.10 Å². The molecule has 2 amide bonds. The molecular formula is C23H34N4O2. The Bertz CT molecular complexity index is 842. The summed E-state index contributed by atoms with van der Waals surface area (Å²) in [6, 6.07) is 11.6. The van der Waals surface area contributed by atoms with Gasteiger partial charge in [0.05, 0.1) is 17.9 Å². The van der Waals surface area contributed by atoms with Gasteiger partial charge < -0.3 is 10.2 Å². The zero-order chi connectivity index (χ0) is 21.8. The zero-order valence-electron chi connectivity index (χ0n) is 18.7. The van der Waals surface area contributed by atoms with Gasteiger partial charge in [0.1, 0.15) is 5.82 Å². The SMILES string of the molecule is CCCN(CC(=O)Nc1cc(C(C)(C)C)nn1-c1ccccc1)C(=O)C(C)(C)C. The van der Waals surface area contributed by atoms with Crippen LogP contribution in [0.4, 0.5) is 5.82 Å². The maximum atomic E-state index is 12.8. The summed E-state index contributed by atoms with van der Waals surface area (Å²) >= 11 is 0. The summed E-state index contributed by atoms with van der Waals surface area (Å²) in [6.45, 7) is 14.4. The Kier molecular flexibility index (Phi) is 6.88. The van der Waals surface area contributed by atoms with E-state index in [-0.39, 0.29) is 23.8 Å². The quantitative estimate of drug-likeness (QED) is 0.784. The van der Waals surface area contributed by atoms with E-state index < -0.39 is 5.41 Å². The van der Waals surface area contributed by atoms with Crippen LogP contribution in [0.25, 0.3) is 5.69 Å². The Morgan fingerprint density at radius 1 is 1.07 bits per heavy atom.